The quantitative estimate of drug-likeness (QED) is 0.468. The van der Waals surface area contributed by atoms with E-state index in [-0.39, 0.29) is 22.2 Å². The first-order valence-electron chi connectivity index (χ1n) is 7.74. The summed E-state index contributed by atoms with van der Waals surface area (Å²) in [4.78, 5) is 27.8. The average molecular weight is 424 g/mol. The van der Waals surface area contributed by atoms with Crippen molar-refractivity contribution >= 4 is 49.9 Å². The third-order valence-corrected chi connectivity index (χ3v) is 5.27. The summed E-state index contributed by atoms with van der Waals surface area (Å²) in [5.41, 5.74) is -0.135. The number of nitrogens with one attached hydrogen (secondary N) is 1. The van der Waals surface area contributed by atoms with Crippen LogP contribution in [0.1, 0.15) is 10.4 Å². The van der Waals surface area contributed by atoms with Gasteiger partial charge in [0.1, 0.15) is 16.8 Å². The van der Waals surface area contributed by atoms with Crippen molar-refractivity contribution in [2.75, 3.05) is 26.6 Å². The highest BCUT2D eigenvalue weighted by Crippen LogP contribution is 2.38. The Bertz CT molecular complexity index is 1080. The maximum absolute atomic E-state index is 12.7. The second kappa shape index (κ2) is 7.87. The number of rotatable bonds is 6. The molecule has 11 heteroatoms. The molecule has 0 radical (unpaired) electrons. The van der Waals surface area contributed by atoms with Crippen molar-refractivity contribution in [3.05, 3.63) is 45.0 Å². The zero-order chi connectivity index (χ0) is 20.4. The van der Waals surface area contributed by atoms with Gasteiger partial charge in [0.2, 0.25) is 0 Å². The van der Waals surface area contributed by atoms with Gasteiger partial charge in [0.05, 0.1) is 42.0 Å². The molecule has 146 valence electrons. The Morgan fingerprint density at radius 3 is 2.39 bits per heavy atom. The number of hydrogen-bond acceptors (Lipinski definition) is 8. The summed E-state index contributed by atoms with van der Waals surface area (Å²) in [6.45, 7) is 0. The lowest BCUT2D eigenvalue weighted by Gasteiger charge is -2.10. The van der Waals surface area contributed by atoms with Gasteiger partial charge in [-0.25, -0.2) is 4.98 Å². The fraction of sp³-hybridized carbons (Fsp3) is 0.176. The van der Waals surface area contributed by atoms with E-state index in [0.29, 0.717) is 21.0 Å². The molecule has 0 saturated heterocycles. The van der Waals surface area contributed by atoms with Crippen LogP contribution in [0.5, 0.6) is 17.2 Å². The number of amides is 1. The molecule has 0 atom stereocenters. The van der Waals surface area contributed by atoms with E-state index in [9.17, 15) is 14.9 Å². The monoisotopic (exact) mass is 423 g/mol. The van der Waals surface area contributed by atoms with Gasteiger partial charge in [0.15, 0.2) is 16.6 Å². The molecule has 1 N–H and O–H groups in total. The van der Waals surface area contributed by atoms with Crippen molar-refractivity contribution in [3.8, 4) is 17.2 Å². The molecule has 0 saturated carbocycles. The van der Waals surface area contributed by atoms with E-state index in [2.05, 4.69) is 10.3 Å². The first-order valence-corrected chi connectivity index (χ1v) is 8.93. The van der Waals surface area contributed by atoms with Gasteiger partial charge < -0.3 is 14.2 Å². The standard InChI is InChI=1S/C17H14ClN3O6S/c1-25-11-5-4-9(18)15-14(11)19-17(28-15)20-16(22)8-6-12(26-2)13(27-3)7-10(8)21(23)24/h4-7H,1-3H3,(H,19,20,22). The van der Waals surface area contributed by atoms with Crippen LogP contribution in [0.15, 0.2) is 24.3 Å². The van der Waals surface area contributed by atoms with Crippen molar-refractivity contribution in [1.82, 2.24) is 4.98 Å². The first kappa shape index (κ1) is 19.6. The van der Waals surface area contributed by atoms with E-state index in [1.807, 2.05) is 0 Å². The number of carbonyl (C=O) groups excluding carboxylic acids is 1. The molecular weight excluding hydrogens is 410 g/mol. The highest BCUT2D eigenvalue weighted by atomic mass is 35.5. The molecule has 3 rings (SSSR count). The third kappa shape index (κ3) is 3.51. The Balaban J connectivity index is 2.02. The average Bonchev–Trinajstić information content (AvgIpc) is 3.11. The van der Waals surface area contributed by atoms with Crippen LogP contribution in [0, 0.1) is 10.1 Å². The number of thiazole rings is 1. The van der Waals surface area contributed by atoms with E-state index in [1.54, 1.807) is 12.1 Å². The van der Waals surface area contributed by atoms with Crippen molar-refractivity contribution in [2.45, 2.75) is 0 Å². The molecule has 0 unspecified atom stereocenters. The first-order chi connectivity index (χ1) is 13.4. The molecule has 0 spiro atoms. The van der Waals surface area contributed by atoms with E-state index in [0.717, 1.165) is 17.4 Å². The van der Waals surface area contributed by atoms with Crippen LogP contribution in [-0.2, 0) is 0 Å². The van der Waals surface area contributed by atoms with Crippen LogP contribution in [0.3, 0.4) is 0 Å². The largest absolute Gasteiger partial charge is 0.494 e. The molecule has 0 aliphatic heterocycles. The number of halogens is 1. The van der Waals surface area contributed by atoms with Gasteiger partial charge in [-0.2, -0.15) is 0 Å². The normalized spacial score (nSPS) is 10.6. The minimum atomic E-state index is -0.721. The van der Waals surface area contributed by atoms with Gasteiger partial charge in [-0.05, 0) is 12.1 Å². The minimum Gasteiger partial charge on any atom is -0.494 e. The molecule has 0 fully saturated rings. The molecule has 1 amide bonds. The number of nitro benzene ring substituents is 1. The number of aromatic nitrogens is 1. The van der Waals surface area contributed by atoms with E-state index in [4.69, 9.17) is 25.8 Å². The fourth-order valence-electron chi connectivity index (χ4n) is 2.54. The van der Waals surface area contributed by atoms with Crippen molar-refractivity contribution in [3.63, 3.8) is 0 Å². The summed E-state index contributed by atoms with van der Waals surface area (Å²) < 4.78 is 16.1. The van der Waals surface area contributed by atoms with Crippen molar-refractivity contribution < 1.29 is 23.9 Å². The van der Waals surface area contributed by atoms with Crippen molar-refractivity contribution in [2.24, 2.45) is 0 Å². The van der Waals surface area contributed by atoms with Crippen LogP contribution >= 0.6 is 22.9 Å². The van der Waals surface area contributed by atoms with Crippen LogP contribution in [0.4, 0.5) is 10.8 Å². The van der Waals surface area contributed by atoms with Gasteiger partial charge in [0, 0.05) is 6.07 Å². The number of nitrogens with zero attached hydrogens (tertiary/aromatic N) is 2. The van der Waals surface area contributed by atoms with E-state index >= 15 is 0 Å². The lowest BCUT2D eigenvalue weighted by Crippen LogP contribution is -2.14. The minimum absolute atomic E-state index is 0.141. The summed E-state index contributed by atoms with van der Waals surface area (Å²) in [6, 6.07) is 5.69. The Labute approximate surface area is 167 Å². The molecule has 9 nitrogen and oxygen atoms in total. The van der Waals surface area contributed by atoms with Gasteiger partial charge in [-0.3, -0.25) is 20.2 Å². The fourth-order valence-corrected chi connectivity index (χ4v) is 3.69. The second-order valence-corrected chi connectivity index (χ2v) is 6.79. The van der Waals surface area contributed by atoms with E-state index < -0.39 is 16.5 Å². The summed E-state index contributed by atoms with van der Waals surface area (Å²) in [5.74, 6) is 0.101. The second-order valence-electron chi connectivity index (χ2n) is 5.38. The lowest BCUT2D eigenvalue weighted by molar-refractivity contribution is -0.385. The van der Waals surface area contributed by atoms with E-state index in [1.165, 1.54) is 27.4 Å². The zero-order valence-corrected chi connectivity index (χ0v) is 16.5. The van der Waals surface area contributed by atoms with Crippen molar-refractivity contribution in [1.29, 1.82) is 0 Å². The number of benzene rings is 2. The maximum atomic E-state index is 12.7. The highest BCUT2D eigenvalue weighted by Gasteiger charge is 2.25. The maximum Gasteiger partial charge on any atom is 0.286 e. The zero-order valence-electron chi connectivity index (χ0n) is 14.9. The van der Waals surface area contributed by atoms with Gasteiger partial charge in [-0.15, -0.1) is 0 Å². The van der Waals surface area contributed by atoms with Gasteiger partial charge in [0.25, 0.3) is 11.6 Å². The highest BCUT2D eigenvalue weighted by molar-refractivity contribution is 7.23. The summed E-state index contributed by atoms with van der Waals surface area (Å²) in [5, 5.41) is 14.6. The van der Waals surface area contributed by atoms with Gasteiger partial charge in [-0.1, -0.05) is 22.9 Å². The summed E-state index contributed by atoms with van der Waals surface area (Å²) in [6.07, 6.45) is 0. The molecule has 28 heavy (non-hydrogen) atoms. The molecule has 0 bridgehead atoms. The molecule has 1 heterocycles. The SMILES string of the molecule is COc1cc(C(=O)Nc2nc3c(OC)ccc(Cl)c3s2)c([N+](=O)[O-])cc1OC. The molecule has 2 aromatic carbocycles. The lowest BCUT2D eigenvalue weighted by atomic mass is 10.1. The number of anilines is 1. The van der Waals surface area contributed by atoms with Crippen LogP contribution in [0.25, 0.3) is 10.2 Å². The number of carbonyl (C=O) groups is 1. The van der Waals surface area contributed by atoms with Crippen LogP contribution in [0.2, 0.25) is 5.02 Å². The third-order valence-electron chi connectivity index (χ3n) is 3.84. The summed E-state index contributed by atoms with van der Waals surface area (Å²) >= 11 is 7.30. The van der Waals surface area contributed by atoms with Crippen LogP contribution in [-0.4, -0.2) is 37.1 Å². The predicted octanol–water partition coefficient (Wildman–Crippen LogP) is 4.14. The Kier molecular flexibility index (Phi) is 5.52. The Morgan fingerprint density at radius 2 is 1.79 bits per heavy atom. The molecule has 0 aliphatic rings. The summed E-state index contributed by atoms with van der Waals surface area (Å²) in [7, 11) is 4.21. The molecular formula is C17H14ClN3O6S. The molecule has 0 aliphatic carbocycles. The molecule has 3 aromatic rings. The number of fused-ring (bicyclic) bond motifs is 1. The Morgan fingerprint density at radius 1 is 1.14 bits per heavy atom. The molecule has 1 aromatic heterocycles. The predicted molar refractivity (Wildman–Crippen MR) is 105 cm³/mol. The Hall–Kier alpha value is -3.11. The smallest absolute Gasteiger partial charge is 0.286 e. The number of methoxy groups -OCH3 is 3. The van der Waals surface area contributed by atoms with Gasteiger partial charge >= 0.3 is 0 Å². The number of nitro groups is 1. The number of hydrogen-bond donors (Lipinski definition) is 1. The topological polar surface area (TPSA) is 113 Å². The number of ether oxygens (including phenoxy) is 3. The van der Waals surface area contributed by atoms with Crippen LogP contribution < -0.4 is 19.5 Å².